The maximum atomic E-state index is 11.5. The van der Waals surface area contributed by atoms with Gasteiger partial charge >= 0.3 is 0 Å². The van der Waals surface area contributed by atoms with Gasteiger partial charge in [-0.25, -0.2) is 8.42 Å². The highest BCUT2D eigenvalue weighted by Crippen LogP contribution is 2.34. The maximum Gasteiger partial charge on any atom is 0.175 e. The summed E-state index contributed by atoms with van der Waals surface area (Å²) in [6, 6.07) is 12.0. The molecule has 1 heterocycles. The van der Waals surface area contributed by atoms with Gasteiger partial charge in [0, 0.05) is 17.4 Å². The van der Waals surface area contributed by atoms with E-state index in [0.717, 1.165) is 22.4 Å². The Bertz CT molecular complexity index is 964. The van der Waals surface area contributed by atoms with E-state index in [1.165, 1.54) is 6.26 Å². The van der Waals surface area contributed by atoms with E-state index in [0.29, 0.717) is 10.0 Å². The third-order valence-corrected chi connectivity index (χ3v) is 5.31. The predicted octanol–water partition coefficient (Wildman–Crippen LogP) is 4.45. The number of aromatic amines is 1. The standard InChI is InChI=1S/C16H12Cl2N2O2S/c1-23(21,22)12-5-2-10(3-6-12)16-13(9-19-20-16)11-4-7-14(17)15(18)8-11/h2-9H,1H3,(H,19,20). The Hall–Kier alpha value is -1.82. The Morgan fingerprint density at radius 2 is 1.61 bits per heavy atom. The summed E-state index contributed by atoms with van der Waals surface area (Å²) >= 11 is 12.0. The normalized spacial score (nSPS) is 11.6. The van der Waals surface area contributed by atoms with Crippen LogP contribution >= 0.6 is 23.2 Å². The van der Waals surface area contributed by atoms with Gasteiger partial charge in [0.2, 0.25) is 0 Å². The molecule has 1 aromatic heterocycles. The fourth-order valence-corrected chi connectivity index (χ4v) is 3.19. The first-order valence-electron chi connectivity index (χ1n) is 6.65. The van der Waals surface area contributed by atoms with Crippen LogP contribution in [0.2, 0.25) is 10.0 Å². The average Bonchev–Trinajstić information content (AvgIpc) is 2.99. The van der Waals surface area contributed by atoms with Gasteiger partial charge in [-0.3, -0.25) is 5.10 Å². The van der Waals surface area contributed by atoms with Crippen LogP contribution in [0.1, 0.15) is 0 Å². The molecule has 23 heavy (non-hydrogen) atoms. The molecule has 0 radical (unpaired) electrons. The molecular formula is C16H12Cl2N2O2S. The summed E-state index contributed by atoms with van der Waals surface area (Å²) in [5.74, 6) is 0. The van der Waals surface area contributed by atoms with Crippen molar-refractivity contribution in [3.63, 3.8) is 0 Å². The molecule has 3 aromatic rings. The Kier molecular flexibility index (Phi) is 4.19. The Morgan fingerprint density at radius 1 is 0.957 bits per heavy atom. The number of hydrogen-bond acceptors (Lipinski definition) is 3. The molecule has 0 saturated heterocycles. The second-order valence-corrected chi connectivity index (χ2v) is 7.91. The zero-order valence-corrected chi connectivity index (χ0v) is 14.4. The van der Waals surface area contributed by atoms with Gasteiger partial charge in [-0.1, -0.05) is 41.4 Å². The zero-order chi connectivity index (χ0) is 16.6. The minimum atomic E-state index is -3.22. The van der Waals surface area contributed by atoms with Crippen molar-refractivity contribution < 1.29 is 8.42 Å². The second kappa shape index (κ2) is 6.00. The summed E-state index contributed by atoms with van der Waals surface area (Å²) in [7, 11) is -3.22. The molecule has 0 bridgehead atoms. The van der Waals surface area contributed by atoms with E-state index in [2.05, 4.69) is 10.2 Å². The molecule has 0 amide bonds. The summed E-state index contributed by atoms with van der Waals surface area (Å²) in [4.78, 5) is 0.275. The van der Waals surface area contributed by atoms with Crippen molar-refractivity contribution in [1.29, 1.82) is 0 Å². The van der Waals surface area contributed by atoms with E-state index in [4.69, 9.17) is 23.2 Å². The van der Waals surface area contributed by atoms with Crippen molar-refractivity contribution in [2.75, 3.05) is 6.26 Å². The molecule has 0 aliphatic rings. The molecule has 0 unspecified atom stereocenters. The van der Waals surface area contributed by atoms with Crippen molar-refractivity contribution in [3.05, 3.63) is 58.7 Å². The van der Waals surface area contributed by atoms with Crippen LogP contribution in [-0.2, 0) is 9.84 Å². The lowest BCUT2D eigenvalue weighted by atomic mass is 10.0. The monoisotopic (exact) mass is 366 g/mol. The van der Waals surface area contributed by atoms with Gasteiger partial charge in [-0.2, -0.15) is 5.10 Å². The van der Waals surface area contributed by atoms with Crippen LogP contribution in [0.15, 0.2) is 53.6 Å². The van der Waals surface area contributed by atoms with Crippen LogP contribution in [0.25, 0.3) is 22.4 Å². The minimum absolute atomic E-state index is 0.275. The van der Waals surface area contributed by atoms with E-state index in [1.807, 2.05) is 6.07 Å². The Morgan fingerprint density at radius 3 is 2.22 bits per heavy atom. The van der Waals surface area contributed by atoms with Gasteiger partial charge in [-0.15, -0.1) is 0 Å². The summed E-state index contributed by atoms with van der Waals surface area (Å²) in [5, 5.41) is 7.96. The first-order valence-corrected chi connectivity index (χ1v) is 9.30. The quantitative estimate of drug-likeness (QED) is 0.744. The van der Waals surface area contributed by atoms with E-state index >= 15 is 0 Å². The fourth-order valence-electron chi connectivity index (χ4n) is 2.26. The van der Waals surface area contributed by atoms with Gasteiger partial charge < -0.3 is 0 Å². The molecule has 2 aromatic carbocycles. The minimum Gasteiger partial charge on any atom is -0.277 e. The molecular weight excluding hydrogens is 355 g/mol. The molecule has 0 saturated carbocycles. The predicted molar refractivity (Wildman–Crippen MR) is 92.6 cm³/mol. The SMILES string of the molecule is CS(=O)(=O)c1ccc(-c2[nH]ncc2-c2ccc(Cl)c(Cl)c2)cc1. The van der Waals surface area contributed by atoms with Crippen LogP contribution in [0, 0.1) is 0 Å². The summed E-state index contributed by atoms with van der Waals surface area (Å²) in [6.07, 6.45) is 2.87. The van der Waals surface area contributed by atoms with Crippen LogP contribution in [0.3, 0.4) is 0 Å². The maximum absolute atomic E-state index is 11.5. The Labute approximate surface area is 144 Å². The number of rotatable bonds is 3. The first kappa shape index (κ1) is 16.1. The molecule has 0 aliphatic carbocycles. The van der Waals surface area contributed by atoms with Crippen molar-refractivity contribution >= 4 is 33.0 Å². The highest BCUT2D eigenvalue weighted by atomic mass is 35.5. The summed E-state index contributed by atoms with van der Waals surface area (Å²) in [5.41, 5.74) is 3.34. The van der Waals surface area contributed by atoms with E-state index in [9.17, 15) is 8.42 Å². The number of sulfone groups is 1. The lowest BCUT2D eigenvalue weighted by Crippen LogP contribution is -1.96. The number of nitrogens with zero attached hydrogens (tertiary/aromatic N) is 1. The highest BCUT2D eigenvalue weighted by molar-refractivity contribution is 7.90. The topological polar surface area (TPSA) is 62.8 Å². The molecule has 4 nitrogen and oxygen atoms in total. The van der Waals surface area contributed by atoms with Crippen LogP contribution in [0.4, 0.5) is 0 Å². The third kappa shape index (κ3) is 3.27. The van der Waals surface area contributed by atoms with Crippen LogP contribution < -0.4 is 0 Å². The van der Waals surface area contributed by atoms with Gasteiger partial charge in [-0.05, 0) is 29.8 Å². The Balaban J connectivity index is 2.05. The van der Waals surface area contributed by atoms with Crippen molar-refractivity contribution in [1.82, 2.24) is 10.2 Å². The van der Waals surface area contributed by atoms with Crippen molar-refractivity contribution in [2.24, 2.45) is 0 Å². The summed E-state index contributed by atoms with van der Waals surface area (Å²) in [6.45, 7) is 0. The number of aromatic nitrogens is 2. The van der Waals surface area contributed by atoms with Gasteiger partial charge in [0.1, 0.15) is 0 Å². The first-order chi connectivity index (χ1) is 10.9. The van der Waals surface area contributed by atoms with E-state index < -0.39 is 9.84 Å². The highest BCUT2D eigenvalue weighted by Gasteiger charge is 2.13. The number of H-pyrrole nitrogens is 1. The third-order valence-electron chi connectivity index (χ3n) is 3.44. The van der Waals surface area contributed by atoms with Crippen molar-refractivity contribution in [2.45, 2.75) is 4.90 Å². The largest absolute Gasteiger partial charge is 0.277 e. The fraction of sp³-hybridized carbons (Fsp3) is 0.0625. The number of halogens is 2. The number of nitrogens with one attached hydrogen (secondary N) is 1. The zero-order valence-electron chi connectivity index (χ0n) is 12.0. The summed E-state index contributed by atoms with van der Waals surface area (Å²) < 4.78 is 23.1. The lowest BCUT2D eigenvalue weighted by molar-refractivity contribution is 0.602. The van der Waals surface area contributed by atoms with E-state index in [-0.39, 0.29) is 4.90 Å². The van der Waals surface area contributed by atoms with Crippen molar-refractivity contribution in [3.8, 4) is 22.4 Å². The number of hydrogen-bond donors (Lipinski definition) is 1. The van der Waals surface area contributed by atoms with Gasteiger partial charge in [0.25, 0.3) is 0 Å². The van der Waals surface area contributed by atoms with Crippen LogP contribution in [-0.4, -0.2) is 24.9 Å². The second-order valence-electron chi connectivity index (χ2n) is 5.08. The lowest BCUT2D eigenvalue weighted by Gasteiger charge is -2.06. The van der Waals surface area contributed by atoms with E-state index in [1.54, 1.807) is 42.6 Å². The number of benzene rings is 2. The van der Waals surface area contributed by atoms with Gasteiger partial charge in [0.15, 0.2) is 9.84 Å². The van der Waals surface area contributed by atoms with Crippen LogP contribution in [0.5, 0.6) is 0 Å². The molecule has 7 heteroatoms. The van der Waals surface area contributed by atoms with Gasteiger partial charge in [0.05, 0.1) is 26.8 Å². The molecule has 0 aliphatic heterocycles. The molecule has 3 rings (SSSR count). The smallest absolute Gasteiger partial charge is 0.175 e. The molecule has 0 spiro atoms. The molecule has 0 atom stereocenters. The molecule has 1 N–H and O–H groups in total. The molecule has 118 valence electrons. The average molecular weight is 367 g/mol. The molecule has 0 fully saturated rings.